The fourth-order valence-corrected chi connectivity index (χ4v) is 9.42. The van der Waals surface area contributed by atoms with Crippen molar-refractivity contribution >= 4 is 28.3 Å². The molecule has 9 heteroatoms. The molecule has 38 heavy (non-hydrogen) atoms. The number of alkyl halides is 2. The van der Waals surface area contributed by atoms with Crippen LogP contribution < -0.4 is 5.06 Å². The molecule has 2 N–H and O–H groups in total. The Labute approximate surface area is 225 Å². The largest absolute Gasteiger partial charge is 0.393 e. The number of ketones is 1. The van der Waals surface area contributed by atoms with Crippen LogP contribution in [0.4, 0.5) is 18.9 Å². The van der Waals surface area contributed by atoms with Gasteiger partial charge in [0.15, 0.2) is 10.9 Å². The summed E-state index contributed by atoms with van der Waals surface area (Å²) >= 11 is 0.580. The average molecular weight is 550 g/mol. The van der Waals surface area contributed by atoms with Crippen LogP contribution in [0.25, 0.3) is 0 Å². The van der Waals surface area contributed by atoms with Gasteiger partial charge in [-0.2, -0.15) is 0 Å². The molecular formula is C29H34F3NO4S. The number of fused-ring (bicyclic) bond motifs is 5. The SMILES string of the molecule is CC12C=CC(=O)C=C1C(F)CC1C2C(O)CC2(C)C(C(=O)SCF)C(CN(O)c3cccc(F)c3)CC12C. The molecule has 206 valence electrons. The minimum atomic E-state index is -1.38. The number of halogens is 3. The Kier molecular flexibility index (Phi) is 6.88. The third-order valence-electron chi connectivity index (χ3n) is 10.4. The topological polar surface area (TPSA) is 77.8 Å². The van der Waals surface area contributed by atoms with Crippen LogP contribution in [0.2, 0.25) is 0 Å². The number of benzene rings is 1. The highest BCUT2D eigenvalue weighted by molar-refractivity contribution is 8.13. The van der Waals surface area contributed by atoms with Gasteiger partial charge >= 0.3 is 0 Å². The highest BCUT2D eigenvalue weighted by atomic mass is 32.2. The van der Waals surface area contributed by atoms with E-state index in [-0.39, 0.29) is 47.8 Å². The Hall–Kier alpha value is -2.10. The van der Waals surface area contributed by atoms with Crippen molar-refractivity contribution in [3.63, 3.8) is 0 Å². The predicted octanol–water partition coefficient (Wildman–Crippen LogP) is 5.67. The van der Waals surface area contributed by atoms with Gasteiger partial charge in [0.05, 0.1) is 11.8 Å². The Morgan fingerprint density at radius 3 is 2.63 bits per heavy atom. The third-order valence-corrected chi connectivity index (χ3v) is 11.1. The molecule has 3 fully saturated rings. The fourth-order valence-electron chi connectivity index (χ4n) is 8.68. The number of rotatable bonds is 5. The molecule has 0 saturated heterocycles. The van der Waals surface area contributed by atoms with Gasteiger partial charge in [-0.25, -0.2) is 13.2 Å². The molecule has 5 nitrogen and oxygen atoms in total. The predicted molar refractivity (Wildman–Crippen MR) is 139 cm³/mol. The molecule has 4 aliphatic rings. The van der Waals surface area contributed by atoms with Gasteiger partial charge in [-0.1, -0.05) is 44.7 Å². The molecule has 0 aliphatic heterocycles. The van der Waals surface area contributed by atoms with E-state index in [1.165, 1.54) is 30.4 Å². The van der Waals surface area contributed by atoms with E-state index in [9.17, 15) is 28.7 Å². The fraction of sp³-hybridized carbons (Fsp3) is 0.586. The molecule has 1 aromatic carbocycles. The van der Waals surface area contributed by atoms with Crippen LogP contribution in [0.15, 0.2) is 48.1 Å². The Morgan fingerprint density at radius 2 is 1.95 bits per heavy atom. The molecule has 0 heterocycles. The van der Waals surface area contributed by atoms with Crippen LogP contribution in [0.1, 0.15) is 40.0 Å². The van der Waals surface area contributed by atoms with E-state index in [1.54, 1.807) is 12.1 Å². The Morgan fingerprint density at radius 1 is 1.21 bits per heavy atom. The lowest BCUT2D eigenvalue weighted by atomic mass is 9.41. The summed E-state index contributed by atoms with van der Waals surface area (Å²) in [4.78, 5) is 25.5. The van der Waals surface area contributed by atoms with Crippen molar-refractivity contribution in [2.75, 3.05) is 17.6 Å². The van der Waals surface area contributed by atoms with Gasteiger partial charge in [0, 0.05) is 23.8 Å². The highest BCUT2D eigenvalue weighted by Crippen LogP contribution is 2.73. The van der Waals surface area contributed by atoms with E-state index in [1.807, 2.05) is 20.8 Å². The molecule has 4 aliphatic carbocycles. The smallest absolute Gasteiger partial charge is 0.195 e. The Bertz CT molecular complexity index is 1210. The lowest BCUT2D eigenvalue weighted by Gasteiger charge is -2.63. The number of aliphatic hydroxyl groups is 1. The number of carbonyl (C=O) groups is 2. The molecule has 5 rings (SSSR count). The summed E-state index contributed by atoms with van der Waals surface area (Å²) in [6, 6.07) is 4.60. The first-order chi connectivity index (χ1) is 17.9. The molecule has 9 unspecified atom stereocenters. The van der Waals surface area contributed by atoms with Crippen molar-refractivity contribution in [2.45, 2.75) is 52.3 Å². The third kappa shape index (κ3) is 3.99. The first-order valence-corrected chi connectivity index (χ1v) is 14.1. The molecule has 1 aromatic rings. The molecule has 0 amide bonds. The number of nitrogens with zero attached hydrogens (tertiary/aromatic N) is 1. The van der Waals surface area contributed by atoms with E-state index >= 15 is 4.39 Å². The maximum Gasteiger partial charge on any atom is 0.195 e. The van der Waals surface area contributed by atoms with Crippen LogP contribution in [0.5, 0.6) is 0 Å². The van der Waals surface area contributed by atoms with Crippen molar-refractivity contribution in [3.05, 3.63) is 53.9 Å². The van der Waals surface area contributed by atoms with Gasteiger partial charge in [0.2, 0.25) is 0 Å². The van der Waals surface area contributed by atoms with Crippen LogP contribution in [0.3, 0.4) is 0 Å². The van der Waals surface area contributed by atoms with Crippen molar-refractivity contribution in [2.24, 2.45) is 39.9 Å². The maximum atomic E-state index is 15.8. The zero-order chi connectivity index (χ0) is 27.6. The zero-order valence-electron chi connectivity index (χ0n) is 21.7. The maximum absolute atomic E-state index is 15.8. The van der Waals surface area contributed by atoms with E-state index in [0.717, 1.165) is 5.06 Å². The van der Waals surface area contributed by atoms with Crippen LogP contribution in [-0.4, -0.2) is 46.0 Å². The summed E-state index contributed by atoms with van der Waals surface area (Å²) < 4.78 is 43.0. The summed E-state index contributed by atoms with van der Waals surface area (Å²) in [7, 11) is 0. The van der Waals surface area contributed by atoms with Crippen LogP contribution in [-0.2, 0) is 9.59 Å². The molecule has 0 bridgehead atoms. The van der Waals surface area contributed by atoms with Crippen LogP contribution in [0, 0.1) is 45.7 Å². The first kappa shape index (κ1) is 27.5. The van der Waals surface area contributed by atoms with Gasteiger partial charge in [-0.05, 0) is 77.9 Å². The molecule has 0 aromatic heterocycles. The zero-order valence-corrected chi connectivity index (χ0v) is 22.6. The monoisotopic (exact) mass is 549 g/mol. The molecule has 3 saturated carbocycles. The number of thioether (sulfide) groups is 1. The van der Waals surface area contributed by atoms with Gasteiger partial charge < -0.3 is 5.11 Å². The normalized spacial score (nSPS) is 41.7. The summed E-state index contributed by atoms with van der Waals surface area (Å²) in [5.74, 6) is -2.64. The lowest BCUT2D eigenvalue weighted by molar-refractivity contribution is -0.169. The number of anilines is 1. The molecule has 0 spiro atoms. The number of hydroxylamine groups is 1. The number of hydrogen-bond acceptors (Lipinski definition) is 6. The highest BCUT2D eigenvalue weighted by Gasteiger charge is 2.71. The lowest BCUT2D eigenvalue weighted by Crippen LogP contribution is -2.62. The van der Waals surface area contributed by atoms with Crippen molar-refractivity contribution in [1.29, 1.82) is 0 Å². The standard InChI is InChI=1S/C29H34F3NO4S/c1-27-8-7-19(34)10-20(27)22(32)11-21-25(27)23(35)13-29(3)24(26(36)38-15-30)16(12-28(21,29)2)14-33(37)18-6-4-5-17(31)9-18/h4-10,16,21-25,35,37H,11-15H2,1-3H3. The minimum absolute atomic E-state index is 0.00124. The number of hydrogen-bond donors (Lipinski definition) is 2. The van der Waals surface area contributed by atoms with Gasteiger partial charge in [-0.15, -0.1) is 0 Å². The van der Waals surface area contributed by atoms with E-state index in [4.69, 9.17) is 0 Å². The molecule has 9 atom stereocenters. The van der Waals surface area contributed by atoms with Crippen molar-refractivity contribution in [1.82, 2.24) is 0 Å². The van der Waals surface area contributed by atoms with E-state index in [2.05, 4.69) is 0 Å². The quantitative estimate of drug-likeness (QED) is 0.461. The van der Waals surface area contributed by atoms with Crippen LogP contribution >= 0.6 is 11.8 Å². The number of allylic oxidation sites excluding steroid dienone is 4. The van der Waals surface area contributed by atoms with Gasteiger partial charge in [0.25, 0.3) is 0 Å². The number of aliphatic hydroxyl groups excluding tert-OH is 1. The second-order valence-corrected chi connectivity index (χ2v) is 13.0. The number of carbonyl (C=O) groups excluding carboxylic acids is 2. The Balaban J connectivity index is 1.56. The summed E-state index contributed by atoms with van der Waals surface area (Å²) in [5.41, 5.74) is -1.66. The summed E-state index contributed by atoms with van der Waals surface area (Å²) in [6.45, 7) is 5.83. The average Bonchev–Trinajstić information content (AvgIpc) is 3.06. The van der Waals surface area contributed by atoms with Gasteiger partial charge in [0.1, 0.15) is 18.0 Å². The second-order valence-electron chi connectivity index (χ2n) is 12.1. The summed E-state index contributed by atoms with van der Waals surface area (Å²) in [6.07, 6.45) is 3.05. The summed E-state index contributed by atoms with van der Waals surface area (Å²) in [5, 5.41) is 23.1. The molecule has 0 radical (unpaired) electrons. The molecular weight excluding hydrogens is 515 g/mol. The van der Waals surface area contributed by atoms with Crippen molar-refractivity contribution in [3.8, 4) is 0 Å². The van der Waals surface area contributed by atoms with Crippen molar-refractivity contribution < 1.29 is 33.1 Å². The van der Waals surface area contributed by atoms with E-state index < -0.39 is 52.2 Å². The first-order valence-electron chi connectivity index (χ1n) is 13.1. The van der Waals surface area contributed by atoms with Gasteiger partial charge in [-0.3, -0.25) is 19.9 Å². The second kappa shape index (κ2) is 9.52. The minimum Gasteiger partial charge on any atom is -0.393 e. The van der Waals surface area contributed by atoms with E-state index in [0.29, 0.717) is 23.8 Å².